The molecule has 0 radical (unpaired) electrons. The molecule has 1 aromatic heterocycles. The summed E-state index contributed by atoms with van der Waals surface area (Å²) in [5, 5.41) is 12.9. The van der Waals surface area contributed by atoms with E-state index in [0.29, 0.717) is 29.8 Å². The topological polar surface area (TPSA) is 155 Å². The molecule has 1 fully saturated rings. The number of aryl methyl sites for hydroxylation is 1. The molecule has 2 heterocycles. The lowest BCUT2D eigenvalue weighted by molar-refractivity contribution is -0.157. The molecular weight excluding hydrogens is 671 g/mol. The van der Waals surface area contributed by atoms with E-state index in [9.17, 15) is 33.5 Å². The summed E-state index contributed by atoms with van der Waals surface area (Å²) in [7, 11) is 0. The first-order valence-electron chi connectivity index (χ1n) is 17.1. The zero-order chi connectivity index (χ0) is 37.4. The average molecular weight is 713 g/mol. The zero-order valence-electron chi connectivity index (χ0n) is 29.2. The van der Waals surface area contributed by atoms with Crippen LogP contribution in [0.2, 0.25) is 0 Å². The molecule has 272 valence electrons. The Labute approximate surface area is 300 Å². The van der Waals surface area contributed by atoms with E-state index in [-0.39, 0.29) is 66.8 Å². The number of pyridine rings is 1. The molecule has 0 aliphatic carbocycles. The first-order valence-corrected chi connectivity index (χ1v) is 17.1. The van der Waals surface area contributed by atoms with E-state index < -0.39 is 41.6 Å². The van der Waals surface area contributed by atoms with Crippen molar-refractivity contribution in [1.82, 2.24) is 20.1 Å². The molecule has 12 nitrogen and oxygen atoms in total. The molecule has 0 bridgehead atoms. The minimum Gasteiger partial charge on any atom is -0.478 e. The second-order valence-corrected chi connectivity index (χ2v) is 13.0. The molecule has 1 aliphatic rings. The van der Waals surface area contributed by atoms with Gasteiger partial charge in [0.25, 0.3) is 11.8 Å². The Hall–Kier alpha value is -5.85. The number of aromatic nitrogens is 1. The standard InChI is InChI=1S/C39H41FN4O8/c1-24(2)23-51-39(50)29(37(47)44-18-16-43(17-19-44)36(46)27-12-8-5-9-13-27)14-15-41-35(45)31-22-32(30-21-28(40)20-25(3)33(30)42-31)52-34(38(48)49)26-10-6-4-7-11-26/h4-13,20-22,24,29,34H,14-19,23H2,1-3H3,(H,41,45)(H,48,49). The normalized spacial score (nSPS) is 14.1. The molecule has 4 aromatic rings. The Balaban J connectivity index is 1.31. The van der Waals surface area contributed by atoms with Crippen LogP contribution in [0, 0.1) is 24.6 Å². The molecule has 5 rings (SSSR count). The number of nitrogens with one attached hydrogen (secondary N) is 1. The van der Waals surface area contributed by atoms with Crippen molar-refractivity contribution in [2.45, 2.75) is 33.3 Å². The van der Waals surface area contributed by atoms with Gasteiger partial charge in [0.05, 0.1) is 12.1 Å². The number of aliphatic carboxylic acids is 1. The van der Waals surface area contributed by atoms with Crippen LogP contribution >= 0.6 is 0 Å². The molecule has 0 spiro atoms. The Morgan fingerprint density at radius 3 is 2.17 bits per heavy atom. The van der Waals surface area contributed by atoms with Gasteiger partial charge >= 0.3 is 11.9 Å². The van der Waals surface area contributed by atoms with Crippen LogP contribution in [0.15, 0.2) is 78.9 Å². The highest BCUT2D eigenvalue weighted by Crippen LogP contribution is 2.32. The van der Waals surface area contributed by atoms with E-state index in [1.54, 1.807) is 66.4 Å². The number of hydrogen-bond acceptors (Lipinski definition) is 8. The highest BCUT2D eigenvalue weighted by molar-refractivity contribution is 5.99. The van der Waals surface area contributed by atoms with Crippen LogP contribution in [0.1, 0.15) is 58.3 Å². The summed E-state index contributed by atoms with van der Waals surface area (Å²) in [6.07, 6.45) is -1.55. The zero-order valence-corrected chi connectivity index (χ0v) is 29.2. The third-order valence-electron chi connectivity index (χ3n) is 8.59. The Kier molecular flexibility index (Phi) is 12.2. The lowest BCUT2D eigenvalue weighted by atomic mass is 10.0. The highest BCUT2D eigenvalue weighted by Gasteiger charge is 2.35. The predicted molar refractivity (Wildman–Crippen MR) is 189 cm³/mol. The summed E-state index contributed by atoms with van der Waals surface area (Å²) in [6, 6.07) is 20.7. The Bertz CT molecular complexity index is 1930. The summed E-state index contributed by atoms with van der Waals surface area (Å²) in [4.78, 5) is 73.2. The quantitative estimate of drug-likeness (QED) is 0.147. The fourth-order valence-electron chi connectivity index (χ4n) is 5.88. The molecule has 52 heavy (non-hydrogen) atoms. The number of hydrogen-bond donors (Lipinski definition) is 2. The van der Waals surface area contributed by atoms with Crippen LogP contribution < -0.4 is 10.1 Å². The Morgan fingerprint density at radius 2 is 1.54 bits per heavy atom. The largest absolute Gasteiger partial charge is 0.478 e. The van der Waals surface area contributed by atoms with Gasteiger partial charge in [-0.1, -0.05) is 62.4 Å². The molecule has 2 unspecified atom stereocenters. The lowest BCUT2D eigenvalue weighted by Crippen LogP contribution is -2.53. The molecule has 1 aliphatic heterocycles. The maximum Gasteiger partial charge on any atom is 0.349 e. The van der Waals surface area contributed by atoms with Crippen molar-refractivity contribution in [2.24, 2.45) is 11.8 Å². The van der Waals surface area contributed by atoms with Gasteiger partial charge in [-0.15, -0.1) is 0 Å². The number of rotatable bonds is 13. The van der Waals surface area contributed by atoms with Gasteiger partial charge in [0.15, 0.2) is 0 Å². The minimum absolute atomic E-state index is 0.0295. The van der Waals surface area contributed by atoms with Crippen LogP contribution in [0.5, 0.6) is 5.75 Å². The van der Waals surface area contributed by atoms with Crippen molar-refractivity contribution >= 4 is 40.6 Å². The van der Waals surface area contributed by atoms with Gasteiger partial charge in [0.2, 0.25) is 12.0 Å². The van der Waals surface area contributed by atoms with Gasteiger partial charge in [-0.05, 0) is 49.1 Å². The monoisotopic (exact) mass is 712 g/mol. The van der Waals surface area contributed by atoms with Gasteiger partial charge in [-0.25, -0.2) is 14.2 Å². The third-order valence-corrected chi connectivity index (χ3v) is 8.59. The highest BCUT2D eigenvalue weighted by atomic mass is 19.1. The van der Waals surface area contributed by atoms with Crippen molar-refractivity contribution in [1.29, 1.82) is 0 Å². The number of benzene rings is 3. The maximum atomic E-state index is 14.5. The van der Waals surface area contributed by atoms with Gasteiger partial charge < -0.3 is 29.7 Å². The summed E-state index contributed by atoms with van der Waals surface area (Å²) in [6.45, 7) is 6.37. The number of fused-ring (bicyclic) bond motifs is 1. The van der Waals surface area contributed by atoms with Crippen molar-refractivity contribution in [3.05, 3.63) is 107 Å². The van der Waals surface area contributed by atoms with Crippen LogP contribution in [-0.4, -0.2) is 88.9 Å². The van der Waals surface area contributed by atoms with Crippen LogP contribution in [0.3, 0.4) is 0 Å². The number of piperazine rings is 1. The number of halogens is 1. The number of carboxylic acids is 1. The molecule has 3 amide bonds. The molecule has 1 saturated heterocycles. The van der Waals surface area contributed by atoms with E-state index in [2.05, 4.69) is 10.3 Å². The molecule has 3 aromatic carbocycles. The number of ether oxygens (including phenoxy) is 2. The smallest absolute Gasteiger partial charge is 0.349 e. The van der Waals surface area contributed by atoms with E-state index in [1.807, 2.05) is 19.9 Å². The van der Waals surface area contributed by atoms with Gasteiger partial charge in [-0.2, -0.15) is 0 Å². The maximum absolute atomic E-state index is 14.5. The van der Waals surface area contributed by atoms with Crippen LogP contribution in [0.25, 0.3) is 10.9 Å². The summed E-state index contributed by atoms with van der Waals surface area (Å²) in [5.41, 5.74) is 1.37. The van der Waals surface area contributed by atoms with Crippen molar-refractivity contribution < 1.29 is 42.9 Å². The van der Waals surface area contributed by atoms with Crippen molar-refractivity contribution in [3.8, 4) is 5.75 Å². The Morgan fingerprint density at radius 1 is 0.904 bits per heavy atom. The van der Waals surface area contributed by atoms with Crippen LogP contribution in [0.4, 0.5) is 4.39 Å². The fraction of sp³-hybridized carbons (Fsp3) is 0.333. The molecule has 0 saturated carbocycles. The minimum atomic E-state index is -1.46. The number of amides is 3. The van der Waals surface area contributed by atoms with Gasteiger partial charge in [0, 0.05) is 55.3 Å². The first kappa shape index (κ1) is 37.4. The van der Waals surface area contributed by atoms with Gasteiger partial charge in [-0.3, -0.25) is 19.2 Å². The SMILES string of the molecule is Cc1cc(F)cc2c(OC(C(=O)O)c3ccccc3)cc(C(=O)NCCC(C(=O)OCC(C)C)C(=O)N3CCN(C(=O)c4ccccc4)CC3)nc12. The molecular formula is C39H41FN4O8. The fourth-order valence-corrected chi connectivity index (χ4v) is 5.88. The summed E-state index contributed by atoms with van der Waals surface area (Å²) < 4.78 is 25.9. The van der Waals surface area contributed by atoms with Crippen molar-refractivity contribution in [3.63, 3.8) is 0 Å². The number of esters is 1. The predicted octanol–water partition coefficient (Wildman–Crippen LogP) is 4.81. The van der Waals surface area contributed by atoms with Gasteiger partial charge in [0.1, 0.15) is 23.2 Å². The van der Waals surface area contributed by atoms with Crippen LogP contribution in [-0.2, 0) is 19.1 Å². The average Bonchev–Trinajstić information content (AvgIpc) is 3.14. The van der Waals surface area contributed by atoms with Crippen molar-refractivity contribution in [2.75, 3.05) is 39.3 Å². The number of carbonyl (C=O) groups is 5. The van der Waals surface area contributed by atoms with E-state index in [0.717, 1.165) is 6.07 Å². The second-order valence-electron chi connectivity index (χ2n) is 13.0. The lowest BCUT2D eigenvalue weighted by Gasteiger charge is -2.36. The first-order chi connectivity index (χ1) is 24.9. The number of carboxylic acid groups (broad SMARTS) is 1. The molecule has 2 atom stereocenters. The molecule has 13 heteroatoms. The van der Waals surface area contributed by atoms with E-state index in [1.165, 1.54) is 17.0 Å². The summed E-state index contributed by atoms with van der Waals surface area (Å²) in [5.74, 6) is -5.14. The summed E-state index contributed by atoms with van der Waals surface area (Å²) >= 11 is 0. The molecule has 2 N–H and O–H groups in total. The second kappa shape index (κ2) is 16.9. The van der Waals surface area contributed by atoms with E-state index >= 15 is 0 Å². The number of carbonyl (C=O) groups excluding carboxylic acids is 4. The van der Waals surface area contributed by atoms with E-state index in [4.69, 9.17) is 9.47 Å². The third kappa shape index (κ3) is 9.08. The number of nitrogens with zero attached hydrogens (tertiary/aromatic N) is 3.